The number of carbonyl (C=O) groups excluding carboxylic acids is 3. The number of amides is 3. The van der Waals surface area contributed by atoms with Crippen LogP contribution in [-0.4, -0.2) is 92.2 Å². The lowest BCUT2D eigenvalue weighted by Gasteiger charge is -2.35. The van der Waals surface area contributed by atoms with E-state index in [0.717, 1.165) is 6.42 Å². The summed E-state index contributed by atoms with van der Waals surface area (Å²) in [4.78, 5) is 40.7. The van der Waals surface area contributed by atoms with Crippen molar-refractivity contribution < 1.29 is 23.9 Å². The predicted octanol–water partition coefficient (Wildman–Crippen LogP) is 0.807. The molecule has 1 unspecified atom stereocenters. The van der Waals surface area contributed by atoms with Gasteiger partial charge in [-0.1, -0.05) is 13.8 Å². The number of urea groups is 1. The Bertz CT molecular complexity index is 459. The van der Waals surface area contributed by atoms with E-state index in [0.29, 0.717) is 38.7 Å². The zero-order chi connectivity index (χ0) is 19.0. The van der Waals surface area contributed by atoms with Crippen molar-refractivity contribution in [2.24, 2.45) is 5.92 Å². The summed E-state index contributed by atoms with van der Waals surface area (Å²) < 4.78 is 10.5. The number of esters is 1. The van der Waals surface area contributed by atoms with Crippen LogP contribution in [0.25, 0.3) is 0 Å². The maximum Gasteiger partial charge on any atom is 0.335 e. The summed E-state index contributed by atoms with van der Waals surface area (Å²) in [6.45, 7) is 7.82. The molecule has 0 aromatic carbocycles. The van der Waals surface area contributed by atoms with Gasteiger partial charge in [-0.3, -0.25) is 4.79 Å². The average Bonchev–Trinajstić information content (AvgIpc) is 2.58. The molecule has 0 N–H and O–H groups in total. The average molecular weight is 357 g/mol. The first-order valence-corrected chi connectivity index (χ1v) is 8.74. The van der Waals surface area contributed by atoms with Gasteiger partial charge in [0.2, 0.25) is 0 Å². The quantitative estimate of drug-likeness (QED) is 0.630. The van der Waals surface area contributed by atoms with E-state index in [1.54, 1.807) is 30.8 Å². The van der Waals surface area contributed by atoms with E-state index in [-0.39, 0.29) is 18.5 Å². The van der Waals surface area contributed by atoms with Gasteiger partial charge in [0, 0.05) is 46.9 Å². The topological polar surface area (TPSA) is 79.4 Å². The van der Waals surface area contributed by atoms with Crippen LogP contribution in [-0.2, 0) is 19.1 Å². The van der Waals surface area contributed by atoms with E-state index in [4.69, 9.17) is 9.47 Å². The van der Waals surface area contributed by atoms with E-state index >= 15 is 0 Å². The maximum atomic E-state index is 12.1. The van der Waals surface area contributed by atoms with Crippen molar-refractivity contribution >= 4 is 17.9 Å². The van der Waals surface area contributed by atoms with Gasteiger partial charge in [-0.25, -0.2) is 9.59 Å². The van der Waals surface area contributed by atoms with Crippen molar-refractivity contribution in [3.05, 3.63) is 0 Å². The minimum absolute atomic E-state index is 0.0640. The van der Waals surface area contributed by atoms with Crippen LogP contribution in [0.15, 0.2) is 0 Å². The van der Waals surface area contributed by atoms with E-state index < -0.39 is 12.1 Å². The summed E-state index contributed by atoms with van der Waals surface area (Å²) in [5.74, 6) is -0.277. The maximum absolute atomic E-state index is 12.1. The molecule has 144 valence electrons. The zero-order valence-corrected chi connectivity index (χ0v) is 16.0. The number of rotatable bonds is 7. The fourth-order valence-electron chi connectivity index (χ4n) is 2.32. The molecule has 0 spiro atoms. The van der Waals surface area contributed by atoms with Crippen molar-refractivity contribution in [2.45, 2.75) is 33.3 Å². The Morgan fingerprint density at radius 1 is 1.00 bits per heavy atom. The third kappa shape index (κ3) is 7.29. The Morgan fingerprint density at radius 2 is 1.56 bits per heavy atom. The number of hydrogen-bond acceptors (Lipinski definition) is 5. The standard InChI is InChI=1S/C17H31N3O5/c1-13(2)6-11-24-14(3)16(22)25-12-15(21)19-7-9-20(10-8-19)17(23)18(4)5/h13-14H,6-12H2,1-5H3. The molecule has 25 heavy (non-hydrogen) atoms. The molecule has 0 radical (unpaired) electrons. The van der Waals surface area contributed by atoms with Crippen LogP contribution >= 0.6 is 0 Å². The third-order valence-electron chi connectivity index (χ3n) is 4.02. The van der Waals surface area contributed by atoms with Gasteiger partial charge < -0.3 is 24.2 Å². The second-order valence-electron chi connectivity index (χ2n) is 6.85. The Morgan fingerprint density at radius 3 is 2.08 bits per heavy atom. The molecular formula is C17H31N3O5. The van der Waals surface area contributed by atoms with Gasteiger partial charge in [-0.2, -0.15) is 0 Å². The van der Waals surface area contributed by atoms with Crippen LogP contribution in [0, 0.1) is 5.92 Å². The fourth-order valence-corrected chi connectivity index (χ4v) is 2.32. The minimum Gasteiger partial charge on any atom is -0.454 e. The van der Waals surface area contributed by atoms with Gasteiger partial charge in [0.15, 0.2) is 12.7 Å². The van der Waals surface area contributed by atoms with Crippen LogP contribution in [0.3, 0.4) is 0 Å². The molecular weight excluding hydrogens is 326 g/mol. The number of piperazine rings is 1. The molecule has 8 heteroatoms. The Labute approximate surface area is 150 Å². The highest BCUT2D eigenvalue weighted by atomic mass is 16.6. The Kier molecular flexibility index (Phi) is 8.68. The highest BCUT2D eigenvalue weighted by Gasteiger charge is 2.26. The Balaban J connectivity index is 2.28. The third-order valence-corrected chi connectivity index (χ3v) is 4.02. The smallest absolute Gasteiger partial charge is 0.335 e. The molecule has 1 atom stereocenters. The van der Waals surface area contributed by atoms with Crippen molar-refractivity contribution in [1.82, 2.24) is 14.7 Å². The number of carbonyl (C=O) groups is 3. The summed E-state index contributed by atoms with van der Waals surface area (Å²) in [5, 5.41) is 0. The highest BCUT2D eigenvalue weighted by molar-refractivity contribution is 5.82. The lowest BCUT2D eigenvalue weighted by Crippen LogP contribution is -2.53. The van der Waals surface area contributed by atoms with Crippen molar-refractivity contribution in [3.63, 3.8) is 0 Å². The molecule has 0 aromatic rings. The molecule has 1 heterocycles. The molecule has 1 saturated heterocycles. The normalized spacial score (nSPS) is 15.9. The zero-order valence-electron chi connectivity index (χ0n) is 16.0. The Hall–Kier alpha value is -1.83. The summed E-state index contributed by atoms with van der Waals surface area (Å²) >= 11 is 0. The molecule has 1 fully saturated rings. The molecule has 8 nitrogen and oxygen atoms in total. The molecule has 1 rings (SSSR count). The highest BCUT2D eigenvalue weighted by Crippen LogP contribution is 2.06. The van der Waals surface area contributed by atoms with Gasteiger partial charge in [0.1, 0.15) is 0 Å². The first-order chi connectivity index (χ1) is 11.7. The fraction of sp³-hybridized carbons (Fsp3) is 0.824. The van der Waals surface area contributed by atoms with Crippen LogP contribution < -0.4 is 0 Å². The SMILES string of the molecule is CC(C)CCOC(C)C(=O)OCC(=O)N1CCN(C(=O)N(C)C)CC1. The molecule has 1 aliphatic rings. The van der Waals surface area contributed by atoms with Crippen LogP contribution in [0.2, 0.25) is 0 Å². The summed E-state index contributed by atoms with van der Waals surface area (Å²) in [5.41, 5.74) is 0. The predicted molar refractivity (Wildman–Crippen MR) is 93.1 cm³/mol. The van der Waals surface area contributed by atoms with E-state index in [9.17, 15) is 14.4 Å². The molecule has 1 aliphatic heterocycles. The first kappa shape index (κ1) is 21.2. The van der Waals surface area contributed by atoms with Gasteiger partial charge in [0.05, 0.1) is 0 Å². The van der Waals surface area contributed by atoms with Gasteiger partial charge >= 0.3 is 12.0 Å². The minimum atomic E-state index is -0.680. The molecule has 0 aromatic heterocycles. The van der Waals surface area contributed by atoms with E-state index in [1.165, 1.54) is 4.90 Å². The molecule has 0 bridgehead atoms. The second-order valence-corrected chi connectivity index (χ2v) is 6.85. The largest absolute Gasteiger partial charge is 0.454 e. The lowest BCUT2D eigenvalue weighted by molar-refractivity contribution is -0.161. The van der Waals surface area contributed by atoms with E-state index in [1.807, 2.05) is 0 Å². The van der Waals surface area contributed by atoms with Crippen molar-refractivity contribution in [1.29, 1.82) is 0 Å². The summed E-state index contributed by atoms with van der Waals surface area (Å²) in [6, 6.07) is -0.0640. The van der Waals surface area contributed by atoms with Crippen LogP contribution in [0.5, 0.6) is 0 Å². The summed E-state index contributed by atoms with van der Waals surface area (Å²) in [6.07, 6.45) is 0.188. The van der Waals surface area contributed by atoms with Crippen molar-refractivity contribution in [3.8, 4) is 0 Å². The van der Waals surface area contributed by atoms with Gasteiger partial charge in [0.25, 0.3) is 5.91 Å². The number of nitrogens with zero attached hydrogens (tertiary/aromatic N) is 3. The van der Waals surface area contributed by atoms with E-state index in [2.05, 4.69) is 13.8 Å². The lowest BCUT2D eigenvalue weighted by atomic mass is 10.1. The molecule has 0 aliphatic carbocycles. The van der Waals surface area contributed by atoms with Crippen molar-refractivity contribution in [2.75, 3.05) is 53.5 Å². The summed E-state index contributed by atoms with van der Waals surface area (Å²) in [7, 11) is 3.40. The van der Waals surface area contributed by atoms with Crippen LogP contribution in [0.4, 0.5) is 4.79 Å². The second kappa shape index (κ2) is 10.2. The van der Waals surface area contributed by atoms with Gasteiger partial charge in [-0.05, 0) is 19.3 Å². The van der Waals surface area contributed by atoms with Crippen LogP contribution in [0.1, 0.15) is 27.2 Å². The van der Waals surface area contributed by atoms with Gasteiger partial charge in [-0.15, -0.1) is 0 Å². The molecule has 3 amide bonds. The monoisotopic (exact) mass is 357 g/mol. The number of ether oxygens (including phenoxy) is 2. The first-order valence-electron chi connectivity index (χ1n) is 8.74. The number of hydrogen-bond donors (Lipinski definition) is 0. The molecule has 0 saturated carbocycles.